The van der Waals surface area contributed by atoms with Gasteiger partial charge in [0.15, 0.2) is 0 Å². The predicted molar refractivity (Wildman–Crippen MR) is 53.4 cm³/mol. The Balaban J connectivity index is 2.52. The maximum atomic E-state index is 11.6. The molecule has 0 spiro atoms. The van der Waals surface area contributed by atoms with Gasteiger partial charge in [-0.2, -0.15) is 0 Å². The summed E-state index contributed by atoms with van der Waals surface area (Å²) in [6, 6.07) is 0.460. The smallest absolute Gasteiger partial charge is 0.223 e. The van der Waals surface area contributed by atoms with Gasteiger partial charge in [0, 0.05) is 18.5 Å². The van der Waals surface area contributed by atoms with Crippen molar-refractivity contribution in [3.05, 3.63) is 0 Å². The standard InChI is InChI=1S/C10H20N2O/c1-4-11-10(13)9-5-6-12-8(3)7(9)2/h7-9,12H,4-6H2,1-3H3,(H,11,13). The average Bonchev–Trinajstić information content (AvgIpc) is 2.10. The van der Waals surface area contributed by atoms with Gasteiger partial charge in [-0.05, 0) is 32.7 Å². The molecule has 2 N–H and O–H groups in total. The van der Waals surface area contributed by atoms with Crippen LogP contribution in [0.2, 0.25) is 0 Å². The first-order valence-corrected chi connectivity index (χ1v) is 5.18. The van der Waals surface area contributed by atoms with Crippen molar-refractivity contribution >= 4 is 5.91 Å². The Hall–Kier alpha value is -0.570. The lowest BCUT2D eigenvalue weighted by molar-refractivity contribution is -0.127. The summed E-state index contributed by atoms with van der Waals surface area (Å²) in [6.07, 6.45) is 0.970. The molecule has 0 aromatic carbocycles. The number of rotatable bonds is 2. The average molecular weight is 184 g/mol. The van der Waals surface area contributed by atoms with Crippen LogP contribution in [-0.4, -0.2) is 25.0 Å². The topological polar surface area (TPSA) is 41.1 Å². The Bertz CT molecular complexity index is 182. The van der Waals surface area contributed by atoms with E-state index in [2.05, 4.69) is 24.5 Å². The molecule has 0 aliphatic carbocycles. The zero-order valence-corrected chi connectivity index (χ0v) is 8.76. The third-order valence-electron chi connectivity index (χ3n) is 3.03. The molecule has 1 aliphatic heterocycles. The summed E-state index contributed by atoms with van der Waals surface area (Å²) in [7, 11) is 0. The van der Waals surface area contributed by atoms with Crippen LogP contribution in [0.25, 0.3) is 0 Å². The summed E-state index contributed by atoms with van der Waals surface area (Å²) in [4.78, 5) is 11.6. The number of amides is 1. The van der Waals surface area contributed by atoms with Crippen LogP contribution in [0.3, 0.4) is 0 Å². The molecule has 3 atom stereocenters. The van der Waals surface area contributed by atoms with Gasteiger partial charge in [0.05, 0.1) is 0 Å². The summed E-state index contributed by atoms with van der Waals surface area (Å²) in [5.74, 6) is 0.875. The molecule has 1 fully saturated rings. The van der Waals surface area contributed by atoms with Crippen LogP contribution in [-0.2, 0) is 4.79 Å². The van der Waals surface area contributed by atoms with E-state index < -0.39 is 0 Å². The molecule has 3 nitrogen and oxygen atoms in total. The van der Waals surface area contributed by atoms with Crippen molar-refractivity contribution in [2.75, 3.05) is 13.1 Å². The third kappa shape index (κ3) is 2.44. The molecule has 13 heavy (non-hydrogen) atoms. The van der Waals surface area contributed by atoms with Gasteiger partial charge >= 0.3 is 0 Å². The predicted octanol–water partition coefficient (Wildman–Crippen LogP) is 0.757. The number of carbonyl (C=O) groups excluding carboxylic acids is 1. The molecule has 0 radical (unpaired) electrons. The molecule has 0 saturated carbocycles. The van der Waals surface area contributed by atoms with Gasteiger partial charge in [-0.3, -0.25) is 4.79 Å². The maximum Gasteiger partial charge on any atom is 0.223 e. The van der Waals surface area contributed by atoms with Gasteiger partial charge in [-0.15, -0.1) is 0 Å². The summed E-state index contributed by atoms with van der Waals surface area (Å²) < 4.78 is 0. The van der Waals surface area contributed by atoms with Crippen molar-refractivity contribution in [3.63, 3.8) is 0 Å². The van der Waals surface area contributed by atoms with Crippen molar-refractivity contribution in [1.82, 2.24) is 10.6 Å². The number of hydrogen-bond donors (Lipinski definition) is 2. The van der Waals surface area contributed by atoms with Gasteiger partial charge in [-0.25, -0.2) is 0 Å². The molecule has 1 rings (SSSR count). The monoisotopic (exact) mass is 184 g/mol. The Kier molecular flexibility index (Phi) is 3.72. The Morgan fingerprint density at radius 2 is 2.23 bits per heavy atom. The molecule has 0 aromatic rings. The van der Waals surface area contributed by atoms with Crippen molar-refractivity contribution in [3.8, 4) is 0 Å². The van der Waals surface area contributed by atoms with E-state index in [4.69, 9.17) is 0 Å². The van der Waals surface area contributed by atoms with Crippen LogP contribution in [0.15, 0.2) is 0 Å². The van der Waals surface area contributed by atoms with E-state index >= 15 is 0 Å². The second-order valence-electron chi connectivity index (χ2n) is 3.89. The number of carbonyl (C=O) groups is 1. The van der Waals surface area contributed by atoms with Crippen LogP contribution < -0.4 is 10.6 Å². The van der Waals surface area contributed by atoms with E-state index in [-0.39, 0.29) is 11.8 Å². The second-order valence-corrected chi connectivity index (χ2v) is 3.89. The van der Waals surface area contributed by atoms with E-state index in [1.165, 1.54) is 0 Å². The number of hydrogen-bond acceptors (Lipinski definition) is 2. The fourth-order valence-corrected chi connectivity index (χ4v) is 1.94. The first-order valence-electron chi connectivity index (χ1n) is 5.18. The molecular formula is C10H20N2O. The summed E-state index contributed by atoms with van der Waals surface area (Å²) in [5, 5.41) is 6.28. The van der Waals surface area contributed by atoms with Crippen molar-refractivity contribution in [2.45, 2.75) is 33.2 Å². The molecule has 1 amide bonds. The van der Waals surface area contributed by atoms with E-state index in [0.29, 0.717) is 12.0 Å². The summed E-state index contributed by atoms with van der Waals surface area (Å²) in [5.41, 5.74) is 0. The zero-order valence-electron chi connectivity index (χ0n) is 8.76. The Morgan fingerprint density at radius 3 is 2.85 bits per heavy atom. The highest BCUT2D eigenvalue weighted by molar-refractivity contribution is 5.79. The van der Waals surface area contributed by atoms with E-state index in [1.807, 2.05) is 6.92 Å². The second kappa shape index (κ2) is 4.61. The number of piperidine rings is 1. The summed E-state index contributed by atoms with van der Waals surface area (Å²) >= 11 is 0. The fraction of sp³-hybridized carbons (Fsp3) is 0.900. The van der Waals surface area contributed by atoms with Gasteiger partial charge in [0.25, 0.3) is 0 Å². The van der Waals surface area contributed by atoms with E-state index in [1.54, 1.807) is 0 Å². The van der Waals surface area contributed by atoms with E-state index in [9.17, 15) is 4.79 Å². The SMILES string of the molecule is CCNC(=O)C1CCNC(C)C1C. The maximum absolute atomic E-state index is 11.6. The highest BCUT2D eigenvalue weighted by atomic mass is 16.1. The molecule has 1 heterocycles. The van der Waals surface area contributed by atoms with E-state index in [0.717, 1.165) is 19.5 Å². The minimum Gasteiger partial charge on any atom is -0.356 e. The Labute approximate surface area is 80.3 Å². The quantitative estimate of drug-likeness (QED) is 0.665. The molecule has 1 saturated heterocycles. The lowest BCUT2D eigenvalue weighted by atomic mass is 9.82. The lowest BCUT2D eigenvalue weighted by Crippen LogP contribution is -2.48. The Morgan fingerprint density at radius 1 is 1.54 bits per heavy atom. The van der Waals surface area contributed by atoms with Crippen LogP contribution in [0.5, 0.6) is 0 Å². The van der Waals surface area contributed by atoms with Gasteiger partial charge in [0.1, 0.15) is 0 Å². The molecule has 3 heteroatoms. The van der Waals surface area contributed by atoms with Gasteiger partial charge in [0.2, 0.25) is 5.91 Å². The van der Waals surface area contributed by atoms with Crippen LogP contribution >= 0.6 is 0 Å². The van der Waals surface area contributed by atoms with Crippen molar-refractivity contribution < 1.29 is 4.79 Å². The molecular weight excluding hydrogens is 164 g/mol. The minimum absolute atomic E-state index is 0.205. The first-order chi connectivity index (χ1) is 6.16. The highest BCUT2D eigenvalue weighted by Crippen LogP contribution is 2.23. The molecule has 3 unspecified atom stereocenters. The van der Waals surface area contributed by atoms with Gasteiger partial charge in [-0.1, -0.05) is 6.92 Å². The third-order valence-corrected chi connectivity index (χ3v) is 3.03. The minimum atomic E-state index is 0.205. The summed E-state index contributed by atoms with van der Waals surface area (Å²) in [6.45, 7) is 7.97. The largest absolute Gasteiger partial charge is 0.356 e. The molecule has 1 aliphatic rings. The van der Waals surface area contributed by atoms with Crippen LogP contribution in [0, 0.1) is 11.8 Å². The first kappa shape index (κ1) is 10.5. The highest BCUT2D eigenvalue weighted by Gasteiger charge is 2.31. The molecule has 0 aromatic heterocycles. The van der Waals surface area contributed by atoms with Gasteiger partial charge < -0.3 is 10.6 Å². The van der Waals surface area contributed by atoms with Crippen molar-refractivity contribution in [2.24, 2.45) is 11.8 Å². The zero-order chi connectivity index (χ0) is 9.84. The fourth-order valence-electron chi connectivity index (χ4n) is 1.94. The van der Waals surface area contributed by atoms with Crippen LogP contribution in [0.4, 0.5) is 0 Å². The molecule has 76 valence electrons. The van der Waals surface area contributed by atoms with Crippen LogP contribution in [0.1, 0.15) is 27.2 Å². The lowest BCUT2D eigenvalue weighted by Gasteiger charge is -2.33. The van der Waals surface area contributed by atoms with Crippen molar-refractivity contribution in [1.29, 1.82) is 0 Å². The molecule has 0 bridgehead atoms. The normalized spacial score (nSPS) is 34.2. The number of nitrogens with one attached hydrogen (secondary N) is 2.